The number of nitrogens with zero attached hydrogens (tertiary/aromatic N) is 3. The highest BCUT2D eigenvalue weighted by molar-refractivity contribution is 9.10. The Morgan fingerprint density at radius 3 is 2.31 bits per heavy atom. The van der Waals surface area contributed by atoms with Crippen LogP contribution in [0.1, 0.15) is 6.42 Å². The first-order valence-corrected chi connectivity index (χ1v) is 12.6. The van der Waals surface area contributed by atoms with Gasteiger partial charge in [-0.2, -0.15) is 4.31 Å². The van der Waals surface area contributed by atoms with Crippen LogP contribution in [0.25, 0.3) is 0 Å². The predicted octanol–water partition coefficient (Wildman–Crippen LogP) is 2.10. The van der Waals surface area contributed by atoms with Crippen molar-refractivity contribution in [2.45, 2.75) is 17.4 Å². The maximum atomic E-state index is 13.6. The van der Waals surface area contributed by atoms with Gasteiger partial charge < -0.3 is 4.74 Å². The smallest absolute Gasteiger partial charge is 0.252 e. The SMILES string of the molecule is O=C1CC(N(CCN2CCOCC2)S(=O)(=O)c2ccc(Br)cc2)C(=O)N1c1ccccc1. The highest BCUT2D eigenvalue weighted by atomic mass is 79.9. The number of ether oxygens (including phenoxy) is 1. The topological polar surface area (TPSA) is 87.2 Å². The van der Waals surface area contributed by atoms with E-state index in [-0.39, 0.29) is 17.9 Å². The maximum Gasteiger partial charge on any atom is 0.252 e. The van der Waals surface area contributed by atoms with Crippen LogP contribution >= 0.6 is 15.9 Å². The number of sulfonamides is 1. The van der Waals surface area contributed by atoms with Crippen molar-refractivity contribution in [3.63, 3.8) is 0 Å². The Hall–Kier alpha value is -2.11. The third-order valence-electron chi connectivity index (χ3n) is 5.65. The lowest BCUT2D eigenvalue weighted by Crippen LogP contribution is -2.49. The van der Waals surface area contributed by atoms with Gasteiger partial charge in [0.2, 0.25) is 15.9 Å². The van der Waals surface area contributed by atoms with E-state index in [4.69, 9.17) is 4.74 Å². The van der Waals surface area contributed by atoms with Crippen molar-refractivity contribution in [1.82, 2.24) is 9.21 Å². The number of para-hydroxylation sites is 1. The Labute approximate surface area is 195 Å². The standard InChI is InChI=1S/C22H24BrN3O5S/c23-17-6-8-19(9-7-17)32(29,30)25(11-10-24-12-14-31-15-13-24)20-16-21(27)26(22(20)28)18-4-2-1-3-5-18/h1-9,20H,10-16H2. The third-order valence-corrected chi connectivity index (χ3v) is 8.10. The average molecular weight is 522 g/mol. The van der Waals surface area contributed by atoms with Gasteiger partial charge in [0.15, 0.2) is 0 Å². The largest absolute Gasteiger partial charge is 0.379 e. The van der Waals surface area contributed by atoms with Gasteiger partial charge in [-0.3, -0.25) is 14.5 Å². The Balaban J connectivity index is 1.64. The molecule has 2 aromatic rings. The fourth-order valence-electron chi connectivity index (χ4n) is 3.94. The van der Waals surface area contributed by atoms with Crippen molar-refractivity contribution in [1.29, 1.82) is 0 Å². The molecule has 8 nitrogen and oxygen atoms in total. The van der Waals surface area contributed by atoms with Crippen LogP contribution in [0.5, 0.6) is 0 Å². The van der Waals surface area contributed by atoms with Gasteiger partial charge in [-0.1, -0.05) is 34.1 Å². The molecule has 2 aliphatic rings. The summed E-state index contributed by atoms with van der Waals surface area (Å²) in [6.07, 6.45) is -0.188. The summed E-state index contributed by atoms with van der Waals surface area (Å²) in [5.74, 6) is -0.933. The Morgan fingerprint density at radius 1 is 1.00 bits per heavy atom. The first-order valence-electron chi connectivity index (χ1n) is 10.4. The van der Waals surface area contributed by atoms with E-state index in [0.717, 1.165) is 9.37 Å². The van der Waals surface area contributed by atoms with E-state index in [1.165, 1.54) is 16.4 Å². The molecule has 0 spiro atoms. The summed E-state index contributed by atoms with van der Waals surface area (Å²) in [5, 5.41) is 0. The minimum Gasteiger partial charge on any atom is -0.379 e. The second-order valence-corrected chi connectivity index (χ2v) is 10.5. The molecule has 2 heterocycles. The molecule has 2 saturated heterocycles. The summed E-state index contributed by atoms with van der Waals surface area (Å²) >= 11 is 3.32. The van der Waals surface area contributed by atoms with E-state index in [0.29, 0.717) is 38.5 Å². The maximum absolute atomic E-state index is 13.6. The molecule has 0 aliphatic carbocycles. The van der Waals surface area contributed by atoms with Crippen LogP contribution in [0, 0.1) is 0 Å². The van der Waals surface area contributed by atoms with Crippen molar-refractivity contribution in [2.24, 2.45) is 0 Å². The van der Waals surface area contributed by atoms with Crippen molar-refractivity contribution >= 4 is 43.5 Å². The average Bonchev–Trinajstić information content (AvgIpc) is 3.09. The Bertz CT molecular complexity index is 1070. The first-order chi connectivity index (χ1) is 15.4. The lowest BCUT2D eigenvalue weighted by atomic mass is 10.2. The molecule has 0 saturated carbocycles. The zero-order chi connectivity index (χ0) is 22.7. The van der Waals surface area contributed by atoms with Gasteiger partial charge in [-0.05, 0) is 36.4 Å². The summed E-state index contributed by atoms with van der Waals surface area (Å²) in [6.45, 7) is 3.11. The van der Waals surface area contributed by atoms with Crippen molar-refractivity contribution < 1.29 is 22.7 Å². The lowest BCUT2D eigenvalue weighted by molar-refractivity contribution is -0.122. The van der Waals surface area contributed by atoms with Gasteiger partial charge in [0, 0.05) is 30.7 Å². The van der Waals surface area contributed by atoms with E-state index in [2.05, 4.69) is 20.8 Å². The predicted molar refractivity (Wildman–Crippen MR) is 123 cm³/mol. The van der Waals surface area contributed by atoms with Crippen LogP contribution in [0.15, 0.2) is 64.0 Å². The molecule has 0 bridgehead atoms. The van der Waals surface area contributed by atoms with Crippen LogP contribution in [0.3, 0.4) is 0 Å². The fraction of sp³-hybridized carbons (Fsp3) is 0.364. The highest BCUT2D eigenvalue weighted by Gasteiger charge is 2.46. The van der Waals surface area contributed by atoms with Crippen molar-refractivity contribution in [2.75, 3.05) is 44.3 Å². The van der Waals surface area contributed by atoms with Crippen molar-refractivity contribution in [3.8, 4) is 0 Å². The molecule has 0 N–H and O–H groups in total. The molecule has 4 rings (SSSR count). The molecule has 10 heteroatoms. The van der Waals surface area contributed by atoms with E-state index >= 15 is 0 Å². The normalized spacial score (nSPS) is 20.3. The van der Waals surface area contributed by atoms with Gasteiger partial charge in [0.25, 0.3) is 5.91 Å². The quantitative estimate of drug-likeness (QED) is 0.518. The third kappa shape index (κ3) is 4.79. The van der Waals surface area contributed by atoms with Crippen LogP contribution in [0.2, 0.25) is 0 Å². The Kier molecular flexibility index (Phi) is 7.06. The molecule has 170 valence electrons. The molecule has 2 amide bonds. The van der Waals surface area contributed by atoms with Crippen LogP contribution in [0.4, 0.5) is 5.69 Å². The van der Waals surface area contributed by atoms with Gasteiger partial charge in [-0.25, -0.2) is 13.3 Å². The lowest BCUT2D eigenvalue weighted by Gasteiger charge is -2.31. The number of carbonyl (C=O) groups is 2. The number of carbonyl (C=O) groups excluding carboxylic acids is 2. The number of morpholine rings is 1. The number of halogens is 1. The molecular weight excluding hydrogens is 498 g/mol. The minimum atomic E-state index is -4.01. The van der Waals surface area contributed by atoms with Gasteiger partial charge in [0.05, 0.1) is 30.2 Å². The number of hydrogen-bond donors (Lipinski definition) is 0. The second-order valence-electron chi connectivity index (χ2n) is 7.65. The number of imide groups is 1. The van der Waals surface area contributed by atoms with Gasteiger partial charge in [-0.15, -0.1) is 0 Å². The van der Waals surface area contributed by atoms with E-state index in [1.807, 2.05) is 0 Å². The Morgan fingerprint density at radius 2 is 1.66 bits per heavy atom. The summed E-state index contributed by atoms with van der Waals surface area (Å²) in [5.41, 5.74) is 0.444. The van der Waals surface area contributed by atoms with Crippen LogP contribution < -0.4 is 4.90 Å². The molecule has 0 radical (unpaired) electrons. The van der Waals surface area contributed by atoms with Gasteiger partial charge >= 0.3 is 0 Å². The molecule has 1 unspecified atom stereocenters. The number of hydrogen-bond acceptors (Lipinski definition) is 6. The van der Waals surface area contributed by atoms with E-state index in [1.54, 1.807) is 42.5 Å². The molecule has 32 heavy (non-hydrogen) atoms. The molecular formula is C22H24BrN3O5S. The molecule has 2 aromatic carbocycles. The molecule has 1 atom stereocenters. The van der Waals surface area contributed by atoms with Crippen LogP contribution in [-0.2, 0) is 24.3 Å². The zero-order valence-corrected chi connectivity index (χ0v) is 19.8. The zero-order valence-electron chi connectivity index (χ0n) is 17.4. The minimum absolute atomic E-state index is 0.0843. The number of benzene rings is 2. The van der Waals surface area contributed by atoms with Crippen molar-refractivity contribution in [3.05, 3.63) is 59.1 Å². The molecule has 2 fully saturated rings. The van der Waals surface area contributed by atoms with E-state index < -0.39 is 27.9 Å². The monoisotopic (exact) mass is 521 g/mol. The molecule has 0 aromatic heterocycles. The summed E-state index contributed by atoms with van der Waals surface area (Å²) in [4.78, 5) is 29.3. The second kappa shape index (κ2) is 9.80. The fourth-order valence-corrected chi connectivity index (χ4v) is 5.78. The summed E-state index contributed by atoms with van der Waals surface area (Å²) < 4.78 is 34.5. The highest BCUT2D eigenvalue weighted by Crippen LogP contribution is 2.29. The number of amides is 2. The van der Waals surface area contributed by atoms with Crippen LogP contribution in [-0.4, -0.2) is 74.9 Å². The molecule has 2 aliphatic heterocycles. The first kappa shape index (κ1) is 23.1. The number of anilines is 1. The van der Waals surface area contributed by atoms with Gasteiger partial charge in [0.1, 0.15) is 6.04 Å². The van der Waals surface area contributed by atoms with E-state index in [9.17, 15) is 18.0 Å². The number of rotatable bonds is 7. The summed E-state index contributed by atoms with van der Waals surface area (Å²) in [7, 11) is -4.01. The summed E-state index contributed by atoms with van der Waals surface area (Å²) in [6, 6.07) is 13.8.